The van der Waals surface area contributed by atoms with E-state index >= 15 is 0 Å². The van der Waals surface area contributed by atoms with E-state index in [1.165, 1.54) is 0 Å². The van der Waals surface area contributed by atoms with Gasteiger partial charge in [0.05, 0.1) is 12.8 Å². The molecule has 6 atom stereocenters. The summed E-state index contributed by atoms with van der Waals surface area (Å²) in [7, 11) is 0. The van der Waals surface area contributed by atoms with Crippen molar-refractivity contribution in [2.24, 2.45) is 0 Å². The van der Waals surface area contributed by atoms with Gasteiger partial charge in [-0.25, -0.2) is 0 Å². The maximum absolute atomic E-state index is 11.4. The highest BCUT2D eigenvalue weighted by Crippen LogP contribution is 2.21. The summed E-state index contributed by atoms with van der Waals surface area (Å²) in [6.07, 6.45) is -3.04. The van der Waals surface area contributed by atoms with Crippen molar-refractivity contribution >= 4 is 6.29 Å². The molecule has 0 aromatic heterocycles. The molecule has 0 aromatic carbocycles. The third kappa shape index (κ3) is 11.1. The van der Waals surface area contributed by atoms with Crippen molar-refractivity contribution in [1.29, 1.82) is 0 Å². The molecule has 0 aliphatic rings. The fraction of sp³-hybridized carbons (Fsp3) is 0.944. The lowest BCUT2D eigenvalue weighted by Crippen LogP contribution is -2.46. The van der Waals surface area contributed by atoms with Gasteiger partial charge in [-0.05, 0) is 19.3 Å². The number of aliphatic hydroxyl groups excluding tert-OH is 3. The second kappa shape index (κ2) is 15.5. The molecule has 0 amide bonds. The van der Waals surface area contributed by atoms with E-state index in [1.807, 2.05) is 6.92 Å². The molecule has 6 unspecified atom stereocenters. The summed E-state index contributed by atoms with van der Waals surface area (Å²) < 4.78 is 0. The van der Waals surface area contributed by atoms with Crippen LogP contribution in [0.5, 0.6) is 0 Å². The van der Waals surface area contributed by atoms with Crippen LogP contribution in [0.1, 0.15) is 71.1 Å². The third-order valence-electron chi connectivity index (χ3n) is 5.29. The summed E-state index contributed by atoms with van der Waals surface area (Å²) in [4.78, 5) is 41.7. The minimum Gasteiger partial charge on any atom is -0.386 e. The Labute approximate surface area is 179 Å². The molecule has 13 nitrogen and oxygen atoms in total. The van der Waals surface area contributed by atoms with E-state index in [0.29, 0.717) is 32.0 Å². The Kier molecular flexibility index (Phi) is 14.4. The smallest absolute Gasteiger partial charge is 0.241 e. The average Bonchev–Trinajstić information content (AvgIpc) is 2.69. The Morgan fingerprint density at radius 1 is 0.710 bits per heavy atom. The first-order chi connectivity index (χ1) is 14.6. The molecule has 0 heterocycles. The summed E-state index contributed by atoms with van der Waals surface area (Å²) in [5.41, 5.74) is 0. The topological polar surface area (TPSA) is 207 Å². The number of unbranched alkanes of at least 4 members (excludes halogenated alkanes) is 4. The Morgan fingerprint density at radius 3 is 1.61 bits per heavy atom. The van der Waals surface area contributed by atoms with Gasteiger partial charge in [-0.1, -0.05) is 26.2 Å². The van der Waals surface area contributed by atoms with Gasteiger partial charge >= 0.3 is 0 Å². The lowest BCUT2D eigenvalue weighted by molar-refractivity contribution is -0.562. The standard InChI is InChI=1S/C18H33N3O10/c1-2-3-5-8-13(19(26)27)17(24)12-15(21(30)31)18(25)11-14(20(28)29)16(23)9-6-4-7-10-22/h10,13-18,23-25H,2-9,11-12H2,1H3. The van der Waals surface area contributed by atoms with Crippen LogP contribution >= 0.6 is 0 Å². The van der Waals surface area contributed by atoms with Crippen LogP contribution in [0.2, 0.25) is 0 Å². The lowest BCUT2D eigenvalue weighted by Gasteiger charge is -2.23. The first-order valence-corrected chi connectivity index (χ1v) is 10.4. The summed E-state index contributed by atoms with van der Waals surface area (Å²) in [5.74, 6) is 0. The number of hydrogen-bond acceptors (Lipinski definition) is 10. The number of nitro groups is 3. The van der Waals surface area contributed by atoms with Gasteiger partial charge in [-0.2, -0.15) is 0 Å². The van der Waals surface area contributed by atoms with Crippen LogP contribution in [0.4, 0.5) is 0 Å². The minimum atomic E-state index is -1.90. The zero-order valence-corrected chi connectivity index (χ0v) is 17.7. The van der Waals surface area contributed by atoms with Crippen LogP contribution < -0.4 is 0 Å². The molecule has 0 saturated carbocycles. The normalized spacial score (nSPS) is 17.2. The van der Waals surface area contributed by atoms with Crippen molar-refractivity contribution < 1.29 is 34.9 Å². The number of rotatable bonds is 19. The van der Waals surface area contributed by atoms with E-state index in [9.17, 15) is 50.5 Å². The van der Waals surface area contributed by atoms with Gasteiger partial charge in [0.25, 0.3) is 0 Å². The molecule has 3 N–H and O–H groups in total. The quantitative estimate of drug-likeness (QED) is 0.110. The fourth-order valence-electron chi connectivity index (χ4n) is 3.39. The molecule has 0 spiro atoms. The Balaban J connectivity index is 5.14. The van der Waals surface area contributed by atoms with Gasteiger partial charge in [-0.3, -0.25) is 30.3 Å². The van der Waals surface area contributed by atoms with Crippen molar-refractivity contribution in [3.63, 3.8) is 0 Å². The Morgan fingerprint density at radius 2 is 1.16 bits per heavy atom. The lowest BCUT2D eigenvalue weighted by atomic mass is 9.91. The number of carbonyl (C=O) groups excluding carboxylic acids is 1. The highest BCUT2D eigenvalue weighted by Gasteiger charge is 2.42. The Bertz CT molecular complexity index is 577. The molecule has 0 aliphatic carbocycles. The summed E-state index contributed by atoms with van der Waals surface area (Å²) in [6.45, 7) is 1.89. The van der Waals surface area contributed by atoms with E-state index in [1.54, 1.807) is 0 Å². The SMILES string of the molecule is CCCCCC(C(O)CC(C(O)CC(C(O)CCCCC=O)[N+](=O)[O-])[N+](=O)[O-])[N+](=O)[O-]. The number of carbonyl (C=O) groups is 1. The maximum atomic E-state index is 11.4. The van der Waals surface area contributed by atoms with Crippen LogP contribution in [0.3, 0.4) is 0 Å². The van der Waals surface area contributed by atoms with Gasteiger partial charge in [0.2, 0.25) is 18.1 Å². The third-order valence-corrected chi connectivity index (χ3v) is 5.29. The summed E-state index contributed by atoms with van der Waals surface area (Å²) in [6, 6.07) is -5.01. The summed E-state index contributed by atoms with van der Waals surface area (Å²) in [5, 5.41) is 64.4. The average molecular weight is 451 g/mol. The second-order valence-corrected chi connectivity index (χ2v) is 7.68. The number of aliphatic hydroxyl groups is 3. The molecule has 31 heavy (non-hydrogen) atoms. The molecule has 180 valence electrons. The first kappa shape index (κ1) is 28.8. The van der Waals surface area contributed by atoms with Crippen LogP contribution in [0, 0.1) is 30.3 Å². The number of nitrogens with zero attached hydrogens (tertiary/aromatic N) is 3. The van der Waals surface area contributed by atoms with Crippen molar-refractivity contribution in [3.8, 4) is 0 Å². The predicted molar refractivity (Wildman–Crippen MR) is 108 cm³/mol. The molecule has 0 rings (SSSR count). The highest BCUT2D eigenvalue weighted by molar-refractivity contribution is 5.48. The fourth-order valence-corrected chi connectivity index (χ4v) is 3.39. The van der Waals surface area contributed by atoms with Crippen molar-refractivity contribution in [1.82, 2.24) is 0 Å². The minimum absolute atomic E-state index is 0.0135. The van der Waals surface area contributed by atoms with Gasteiger partial charge < -0.3 is 20.1 Å². The van der Waals surface area contributed by atoms with Gasteiger partial charge in [-0.15, -0.1) is 0 Å². The van der Waals surface area contributed by atoms with E-state index in [-0.39, 0.29) is 19.3 Å². The van der Waals surface area contributed by atoms with E-state index in [0.717, 1.165) is 6.42 Å². The van der Waals surface area contributed by atoms with Crippen LogP contribution in [0.25, 0.3) is 0 Å². The molecule has 0 aliphatic heterocycles. The molecule has 0 fully saturated rings. The van der Waals surface area contributed by atoms with Gasteiger partial charge in [0.1, 0.15) is 24.6 Å². The van der Waals surface area contributed by atoms with E-state index in [4.69, 9.17) is 0 Å². The van der Waals surface area contributed by atoms with Gasteiger partial charge in [0.15, 0.2) is 0 Å². The number of aldehydes is 1. The number of hydrogen-bond donors (Lipinski definition) is 3. The van der Waals surface area contributed by atoms with Crippen molar-refractivity contribution in [2.75, 3.05) is 0 Å². The molecule has 0 saturated heterocycles. The molecule has 0 radical (unpaired) electrons. The van der Waals surface area contributed by atoms with E-state index < -0.39 is 64.0 Å². The predicted octanol–water partition coefficient (Wildman–Crippen LogP) is 1.12. The zero-order valence-electron chi connectivity index (χ0n) is 17.7. The van der Waals surface area contributed by atoms with Crippen LogP contribution in [-0.4, -0.2) is 72.8 Å². The molecule has 0 aromatic rings. The largest absolute Gasteiger partial charge is 0.386 e. The van der Waals surface area contributed by atoms with Crippen molar-refractivity contribution in [2.45, 2.75) is 108 Å². The van der Waals surface area contributed by atoms with Crippen molar-refractivity contribution in [3.05, 3.63) is 30.3 Å². The molecule has 0 bridgehead atoms. The first-order valence-electron chi connectivity index (χ1n) is 10.4. The molecule has 13 heteroatoms. The molecular weight excluding hydrogens is 418 g/mol. The summed E-state index contributed by atoms with van der Waals surface area (Å²) >= 11 is 0. The highest BCUT2D eigenvalue weighted by atomic mass is 16.6. The van der Waals surface area contributed by atoms with Crippen LogP contribution in [-0.2, 0) is 4.79 Å². The monoisotopic (exact) mass is 451 g/mol. The molecular formula is C18H33N3O10. The van der Waals surface area contributed by atoms with Gasteiger partial charge in [0, 0.05) is 27.6 Å². The second-order valence-electron chi connectivity index (χ2n) is 7.68. The maximum Gasteiger partial charge on any atom is 0.241 e. The van der Waals surface area contributed by atoms with E-state index in [2.05, 4.69) is 0 Å². The zero-order chi connectivity index (χ0) is 24.0. The Hall–Kier alpha value is -2.25. The van der Waals surface area contributed by atoms with Crippen LogP contribution in [0.15, 0.2) is 0 Å².